The van der Waals surface area contributed by atoms with Gasteiger partial charge in [0.25, 0.3) is 5.91 Å². The number of carbonyl (C=O) groups excluding carboxylic acids is 2. The Morgan fingerprint density at radius 2 is 1.97 bits per heavy atom. The van der Waals surface area contributed by atoms with Crippen molar-refractivity contribution in [3.05, 3.63) is 35.3 Å². The van der Waals surface area contributed by atoms with Gasteiger partial charge >= 0.3 is 5.97 Å². The standard InChI is InChI=1S/C23H28FN3O4/c1-15-17-3-2-4-18(24)20(17)25-19(15)21(28)27-7-5-23(6-8-27)13-16(31-22(23)29)14-26-9-11-30-12-10-26/h2-4,16,25H,5-14H2,1H3. The number of morpholine rings is 1. The molecule has 2 aromatic rings. The molecule has 1 amide bonds. The number of aryl methyl sites for hydroxylation is 1. The number of likely N-dealkylation sites (tertiary alicyclic amines) is 1. The van der Waals surface area contributed by atoms with E-state index in [4.69, 9.17) is 9.47 Å². The first kappa shape index (κ1) is 20.5. The van der Waals surface area contributed by atoms with Crippen molar-refractivity contribution >= 4 is 22.8 Å². The number of para-hydroxylation sites is 1. The SMILES string of the molecule is Cc1c(C(=O)N2CCC3(CC2)CC(CN2CCOCC2)OC3=O)[nH]c2c(F)cccc12. The van der Waals surface area contributed by atoms with Gasteiger partial charge in [-0.2, -0.15) is 0 Å². The Balaban J connectivity index is 1.25. The molecule has 1 N–H and O–H groups in total. The van der Waals surface area contributed by atoms with E-state index >= 15 is 0 Å². The van der Waals surface area contributed by atoms with Gasteiger partial charge in [0, 0.05) is 44.5 Å². The van der Waals surface area contributed by atoms with Crippen molar-refractivity contribution in [3.8, 4) is 0 Å². The van der Waals surface area contributed by atoms with E-state index in [1.807, 2.05) is 13.0 Å². The summed E-state index contributed by atoms with van der Waals surface area (Å²) in [5, 5.41) is 0.724. The fraction of sp³-hybridized carbons (Fsp3) is 0.565. The van der Waals surface area contributed by atoms with Gasteiger partial charge in [0.1, 0.15) is 17.6 Å². The average Bonchev–Trinajstić information content (AvgIpc) is 3.27. The second-order valence-corrected chi connectivity index (χ2v) is 9.00. The van der Waals surface area contributed by atoms with Gasteiger partial charge < -0.3 is 19.4 Å². The molecule has 31 heavy (non-hydrogen) atoms. The number of hydrogen-bond donors (Lipinski definition) is 1. The molecule has 8 heteroatoms. The summed E-state index contributed by atoms with van der Waals surface area (Å²) in [7, 11) is 0. The maximum Gasteiger partial charge on any atom is 0.312 e. The van der Waals surface area contributed by atoms with Crippen LogP contribution in [0.3, 0.4) is 0 Å². The zero-order valence-corrected chi connectivity index (χ0v) is 17.8. The fourth-order valence-corrected chi connectivity index (χ4v) is 5.25. The van der Waals surface area contributed by atoms with E-state index in [1.165, 1.54) is 6.07 Å². The lowest BCUT2D eigenvalue weighted by atomic mass is 9.76. The molecule has 4 heterocycles. The van der Waals surface area contributed by atoms with Crippen LogP contribution in [0.4, 0.5) is 4.39 Å². The first-order valence-electron chi connectivity index (χ1n) is 11.0. The molecule has 1 atom stereocenters. The minimum Gasteiger partial charge on any atom is -0.461 e. The molecular weight excluding hydrogens is 401 g/mol. The first-order valence-corrected chi connectivity index (χ1v) is 11.0. The number of carbonyl (C=O) groups is 2. The van der Waals surface area contributed by atoms with Crippen molar-refractivity contribution in [2.75, 3.05) is 45.9 Å². The van der Waals surface area contributed by atoms with E-state index in [0.717, 1.165) is 43.8 Å². The van der Waals surface area contributed by atoms with E-state index in [9.17, 15) is 14.0 Å². The van der Waals surface area contributed by atoms with Crippen molar-refractivity contribution < 1.29 is 23.5 Å². The van der Waals surface area contributed by atoms with Gasteiger partial charge in [0.15, 0.2) is 0 Å². The maximum absolute atomic E-state index is 14.1. The Hall–Kier alpha value is -2.45. The van der Waals surface area contributed by atoms with Gasteiger partial charge in [-0.3, -0.25) is 14.5 Å². The van der Waals surface area contributed by atoms with E-state index in [-0.39, 0.29) is 23.8 Å². The van der Waals surface area contributed by atoms with Crippen LogP contribution in [-0.2, 0) is 14.3 Å². The summed E-state index contributed by atoms with van der Waals surface area (Å²) >= 11 is 0. The minimum atomic E-state index is -0.491. The molecule has 3 aliphatic rings. The number of halogens is 1. The summed E-state index contributed by atoms with van der Waals surface area (Å²) < 4.78 is 25.2. The number of H-pyrrole nitrogens is 1. The van der Waals surface area contributed by atoms with Crippen molar-refractivity contribution in [2.24, 2.45) is 5.41 Å². The third kappa shape index (κ3) is 3.61. The summed E-state index contributed by atoms with van der Waals surface area (Å²) in [6.45, 7) is 6.76. The highest BCUT2D eigenvalue weighted by Gasteiger charge is 2.51. The number of esters is 1. The molecule has 1 aromatic heterocycles. The number of benzene rings is 1. The zero-order chi connectivity index (χ0) is 21.6. The summed E-state index contributed by atoms with van der Waals surface area (Å²) in [4.78, 5) is 32.9. The molecule has 3 saturated heterocycles. The molecule has 0 bridgehead atoms. The number of rotatable bonds is 3. The minimum absolute atomic E-state index is 0.0909. The monoisotopic (exact) mass is 429 g/mol. The number of ether oxygens (including phenoxy) is 2. The molecule has 0 saturated carbocycles. The van der Waals surface area contributed by atoms with Crippen LogP contribution in [0.25, 0.3) is 10.9 Å². The number of amides is 1. The number of cyclic esters (lactones) is 1. The Morgan fingerprint density at radius 3 is 2.68 bits per heavy atom. The summed E-state index contributed by atoms with van der Waals surface area (Å²) in [6.07, 6.45) is 1.82. The molecule has 3 fully saturated rings. The molecular formula is C23H28FN3O4. The van der Waals surface area contributed by atoms with Crippen LogP contribution in [0, 0.1) is 18.2 Å². The van der Waals surface area contributed by atoms with Crippen molar-refractivity contribution in [1.29, 1.82) is 0 Å². The number of nitrogens with one attached hydrogen (secondary N) is 1. The number of aromatic nitrogens is 1. The summed E-state index contributed by atoms with van der Waals surface area (Å²) in [5.41, 5.74) is 1.05. The topological polar surface area (TPSA) is 74.9 Å². The predicted octanol–water partition coefficient (Wildman–Crippen LogP) is 2.49. The fourth-order valence-electron chi connectivity index (χ4n) is 5.25. The van der Waals surface area contributed by atoms with Crippen LogP contribution in [0.15, 0.2) is 18.2 Å². The zero-order valence-electron chi connectivity index (χ0n) is 17.8. The van der Waals surface area contributed by atoms with Crippen LogP contribution in [0.2, 0.25) is 0 Å². The predicted molar refractivity (Wildman–Crippen MR) is 112 cm³/mol. The van der Waals surface area contributed by atoms with Gasteiger partial charge in [-0.15, -0.1) is 0 Å². The Kier molecular flexibility index (Phi) is 5.22. The number of aromatic amines is 1. The van der Waals surface area contributed by atoms with Gasteiger partial charge in [0.05, 0.1) is 24.1 Å². The molecule has 0 aliphatic carbocycles. The second-order valence-electron chi connectivity index (χ2n) is 9.00. The Bertz CT molecular complexity index is 1010. The molecule has 166 valence electrons. The average molecular weight is 429 g/mol. The van der Waals surface area contributed by atoms with Gasteiger partial charge in [0.2, 0.25) is 0 Å². The molecule has 1 spiro atoms. The van der Waals surface area contributed by atoms with E-state index in [0.29, 0.717) is 43.6 Å². The molecule has 7 nitrogen and oxygen atoms in total. The van der Waals surface area contributed by atoms with Crippen molar-refractivity contribution in [1.82, 2.24) is 14.8 Å². The van der Waals surface area contributed by atoms with Crippen LogP contribution >= 0.6 is 0 Å². The van der Waals surface area contributed by atoms with Gasteiger partial charge in [-0.1, -0.05) is 12.1 Å². The summed E-state index contributed by atoms with van der Waals surface area (Å²) in [5.74, 6) is -0.627. The molecule has 1 aromatic carbocycles. The van der Waals surface area contributed by atoms with Crippen molar-refractivity contribution in [3.63, 3.8) is 0 Å². The largest absolute Gasteiger partial charge is 0.461 e. The lowest BCUT2D eigenvalue weighted by Crippen LogP contribution is -2.45. The maximum atomic E-state index is 14.1. The molecule has 3 aliphatic heterocycles. The molecule has 5 rings (SSSR count). The van der Waals surface area contributed by atoms with Crippen LogP contribution < -0.4 is 0 Å². The third-order valence-electron chi connectivity index (χ3n) is 7.15. The van der Waals surface area contributed by atoms with Gasteiger partial charge in [-0.05, 0) is 31.4 Å². The van der Waals surface area contributed by atoms with Crippen LogP contribution in [0.5, 0.6) is 0 Å². The first-order chi connectivity index (χ1) is 15.0. The smallest absolute Gasteiger partial charge is 0.312 e. The number of hydrogen-bond acceptors (Lipinski definition) is 5. The number of piperidine rings is 1. The highest BCUT2D eigenvalue weighted by atomic mass is 19.1. The second kappa shape index (κ2) is 7.91. The van der Waals surface area contributed by atoms with Crippen LogP contribution in [0.1, 0.15) is 35.3 Å². The quantitative estimate of drug-likeness (QED) is 0.759. The van der Waals surface area contributed by atoms with Gasteiger partial charge in [-0.25, -0.2) is 4.39 Å². The Labute approximate surface area is 180 Å². The van der Waals surface area contributed by atoms with E-state index in [2.05, 4.69) is 9.88 Å². The number of fused-ring (bicyclic) bond motifs is 1. The van der Waals surface area contributed by atoms with E-state index in [1.54, 1.807) is 11.0 Å². The van der Waals surface area contributed by atoms with Crippen LogP contribution in [-0.4, -0.2) is 78.7 Å². The molecule has 0 radical (unpaired) electrons. The summed E-state index contributed by atoms with van der Waals surface area (Å²) in [6, 6.07) is 4.85. The lowest BCUT2D eigenvalue weighted by Gasteiger charge is -2.36. The number of nitrogens with zero attached hydrogens (tertiary/aromatic N) is 2. The normalized spacial score (nSPS) is 24.1. The third-order valence-corrected chi connectivity index (χ3v) is 7.15. The highest BCUT2D eigenvalue weighted by molar-refractivity contribution is 6.01. The Morgan fingerprint density at radius 1 is 1.23 bits per heavy atom. The van der Waals surface area contributed by atoms with E-state index < -0.39 is 5.41 Å². The lowest BCUT2D eigenvalue weighted by molar-refractivity contribution is -0.151. The molecule has 1 unspecified atom stereocenters. The van der Waals surface area contributed by atoms with Crippen molar-refractivity contribution in [2.45, 2.75) is 32.3 Å². The highest BCUT2D eigenvalue weighted by Crippen LogP contribution is 2.43.